The highest BCUT2D eigenvalue weighted by atomic mass is 127. The number of benzene rings is 1. The van der Waals surface area contributed by atoms with Crippen LogP contribution in [0.3, 0.4) is 0 Å². The summed E-state index contributed by atoms with van der Waals surface area (Å²) in [6, 6.07) is 3.28. The van der Waals surface area contributed by atoms with Crippen LogP contribution in [0.25, 0.3) is 0 Å². The number of carbonyl (C=O) groups is 2. The summed E-state index contributed by atoms with van der Waals surface area (Å²) in [5.41, 5.74) is 0.369. The summed E-state index contributed by atoms with van der Waals surface area (Å²) in [4.78, 5) is 25.3. The molecule has 0 aliphatic carbocycles. The second-order valence-electron chi connectivity index (χ2n) is 4.90. The highest BCUT2D eigenvalue weighted by Gasteiger charge is 2.30. The maximum atomic E-state index is 12.6. The Morgan fingerprint density at radius 2 is 2.19 bits per heavy atom. The van der Waals surface area contributed by atoms with Gasteiger partial charge in [-0.3, -0.25) is 9.59 Å². The predicted octanol–water partition coefficient (Wildman–Crippen LogP) is 2.89. The smallest absolute Gasteiger partial charge is 0.308 e. The molecule has 1 amide bonds. The fourth-order valence-corrected chi connectivity index (χ4v) is 3.00. The van der Waals surface area contributed by atoms with E-state index in [-0.39, 0.29) is 12.5 Å². The Kier molecular flexibility index (Phi) is 5.32. The maximum absolute atomic E-state index is 12.6. The summed E-state index contributed by atoms with van der Waals surface area (Å²) < 4.78 is 6.04. The van der Waals surface area contributed by atoms with E-state index in [1.54, 1.807) is 17.0 Å². The number of nitrogens with zero attached hydrogens (tertiary/aromatic N) is 1. The van der Waals surface area contributed by atoms with Gasteiger partial charge in [0.05, 0.1) is 23.6 Å². The van der Waals surface area contributed by atoms with E-state index in [9.17, 15) is 9.59 Å². The number of halogens is 2. The van der Waals surface area contributed by atoms with E-state index in [0.29, 0.717) is 35.7 Å². The van der Waals surface area contributed by atoms with Crippen molar-refractivity contribution in [3.63, 3.8) is 0 Å². The number of hydrogen-bond acceptors (Lipinski definition) is 3. The molecule has 0 aromatic heterocycles. The van der Waals surface area contributed by atoms with Crippen LogP contribution in [0.1, 0.15) is 23.2 Å². The van der Waals surface area contributed by atoms with Crippen molar-refractivity contribution in [1.82, 2.24) is 4.90 Å². The summed E-state index contributed by atoms with van der Waals surface area (Å²) in [7, 11) is 1.49. The third-order valence-corrected chi connectivity index (χ3v) is 5.05. The van der Waals surface area contributed by atoms with Gasteiger partial charge in [-0.2, -0.15) is 0 Å². The molecule has 1 aromatic rings. The Morgan fingerprint density at radius 3 is 2.81 bits per heavy atom. The number of carbonyl (C=O) groups excluding carboxylic acids is 1. The first kappa shape index (κ1) is 16.4. The van der Waals surface area contributed by atoms with Crippen LogP contribution in [0, 0.1) is 9.49 Å². The van der Waals surface area contributed by atoms with Crippen molar-refractivity contribution in [3.05, 3.63) is 26.3 Å². The van der Waals surface area contributed by atoms with E-state index in [0.717, 1.165) is 3.57 Å². The van der Waals surface area contributed by atoms with Gasteiger partial charge in [-0.15, -0.1) is 0 Å². The molecule has 1 aliphatic heterocycles. The van der Waals surface area contributed by atoms with Crippen molar-refractivity contribution in [2.24, 2.45) is 5.92 Å². The first-order valence-electron chi connectivity index (χ1n) is 6.49. The second kappa shape index (κ2) is 6.83. The van der Waals surface area contributed by atoms with Crippen LogP contribution in [0.5, 0.6) is 5.75 Å². The molecule has 5 nitrogen and oxygen atoms in total. The third kappa shape index (κ3) is 3.60. The van der Waals surface area contributed by atoms with Gasteiger partial charge in [0, 0.05) is 16.7 Å². The average molecular weight is 424 g/mol. The maximum Gasteiger partial charge on any atom is 0.308 e. The molecule has 1 atom stereocenters. The standard InChI is InChI=1S/C14H15ClINO4/c1-21-12-6-11(16)10(15)5-9(12)13(18)17-4-2-3-8(7-17)14(19)20/h5-6,8H,2-4,7H2,1H3,(H,19,20)/t8-/m1/s1. The summed E-state index contributed by atoms with van der Waals surface area (Å²) in [5, 5.41) is 9.58. The molecule has 0 bridgehead atoms. The minimum Gasteiger partial charge on any atom is -0.496 e. The fourth-order valence-electron chi connectivity index (χ4n) is 2.40. The molecule has 0 radical (unpaired) electrons. The van der Waals surface area contributed by atoms with Gasteiger partial charge in [-0.1, -0.05) is 11.6 Å². The van der Waals surface area contributed by atoms with Crippen LogP contribution in [0.15, 0.2) is 12.1 Å². The van der Waals surface area contributed by atoms with Crippen molar-refractivity contribution >= 4 is 46.1 Å². The van der Waals surface area contributed by atoms with Gasteiger partial charge in [-0.05, 0) is 47.6 Å². The summed E-state index contributed by atoms with van der Waals surface area (Å²) in [5.74, 6) is -1.16. The average Bonchev–Trinajstić information content (AvgIpc) is 2.48. The largest absolute Gasteiger partial charge is 0.496 e. The molecule has 0 spiro atoms. The van der Waals surface area contributed by atoms with E-state index in [1.807, 2.05) is 0 Å². The van der Waals surface area contributed by atoms with Gasteiger partial charge in [-0.25, -0.2) is 0 Å². The van der Waals surface area contributed by atoms with Crippen LogP contribution in [0.4, 0.5) is 0 Å². The molecule has 114 valence electrons. The number of hydrogen-bond donors (Lipinski definition) is 1. The molecule has 21 heavy (non-hydrogen) atoms. The number of piperidine rings is 1. The lowest BCUT2D eigenvalue weighted by molar-refractivity contribution is -0.143. The van der Waals surface area contributed by atoms with E-state index in [1.165, 1.54) is 7.11 Å². The van der Waals surface area contributed by atoms with Crippen LogP contribution < -0.4 is 4.74 Å². The highest BCUT2D eigenvalue weighted by Crippen LogP contribution is 2.30. The Bertz CT molecular complexity index is 578. The minimum atomic E-state index is -0.861. The van der Waals surface area contributed by atoms with Crippen molar-refractivity contribution in [2.45, 2.75) is 12.8 Å². The van der Waals surface area contributed by atoms with E-state index >= 15 is 0 Å². The Hall–Kier alpha value is -1.02. The van der Waals surface area contributed by atoms with E-state index in [2.05, 4.69) is 22.6 Å². The monoisotopic (exact) mass is 423 g/mol. The van der Waals surface area contributed by atoms with Gasteiger partial charge < -0.3 is 14.7 Å². The number of ether oxygens (including phenoxy) is 1. The van der Waals surface area contributed by atoms with Crippen LogP contribution in [-0.4, -0.2) is 42.1 Å². The zero-order chi connectivity index (χ0) is 15.6. The van der Waals surface area contributed by atoms with Gasteiger partial charge >= 0.3 is 5.97 Å². The SMILES string of the molecule is COc1cc(I)c(Cl)cc1C(=O)N1CCC[C@@H](C(=O)O)C1. The number of likely N-dealkylation sites (tertiary alicyclic amines) is 1. The molecule has 1 aromatic carbocycles. The first-order valence-corrected chi connectivity index (χ1v) is 7.94. The van der Waals surface area contributed by atoms with E-state index < -0.39 is 11.9 Å². The highest BCUT2D eigenvalue weighted by molar-refractivity contribution is 14.1. The number of rotatable bonds is 3. The third-order valence-electron chi connectivity index (χ3n) is 3.53. The molecule has 1 fully saturated rings. The molecular weight excluding hydrogens is 409 g/mol. The Balaban J connectivity index is 2.27. The lowest BCUT2D eigenvalue weighted by Gasteiger charge is -2.31. The van der Waals surface area contributed by atoms with E-state index in [4.69, 9.17) is 21.4 Å². The zero-order valence-electron chi connectivity index (χ0n) is 11.4. The summed E-state index contributed by atoms with van der Waals surface area (Å²) in [6.07, 6.45) is 1.28. The number of amides is 1. The summed E-state index contributed by atoms with van der Waals surface area (Å²) >= 11 is 8.14. The Labute approximate surface area is 141 Å². The zero-order valence-corrected chi connectivity index (χ0v) is 14.3. The van der Waals surface area contributed by atoms with Crippen LogP contribution in [0.2, 0.25) is 5.02 Å². The van der Waals surface area contributed by atoms with Crippen LogP contribution in [-0.2, 0) is 4.79 Å². The molecule has 1 saturated heterocycles. The van der Waals surface area contributed by atoms with Gasteiger partial charge in [0.15, 0.2) is 0 Å². The topological polar surface area (TPSA) is 66.8 Å². The predicted molar refractivity (Wildman–Crippen MR) is 87.0 cm³/mol. The molecule has 1 aliphatic rings. The van der Waals surface area contributed by atoms with Crippen molar-refractivity contribution < 1.29 is 19.4 Å². The normalized spacial score (nSPS) is 18.4. The first-order chi connectivity index (χ1) is 9.93. The van der Waals surface area contributed by atoms with Crippen molar-refractivity contribution in [2.75, 3.05) is 20.2 Å². The molecule has 1 N–H and O–H groups in total. The van der Waals surface area contributed by atoms with Crippen molar-refractivity contribution in [1.29, 1.82) is 0 Å². The summed E-state index contributed by atoms with van der Waals surface area (Å²) in [6.45, 7) is 0.774. The van der Waals surface area contributed by atoms with Gasteiger partial charge in [0.2, 0.25) is 0 Å². The lowest BCUT2D eigenvalue weighted by atomic mass is 9.97. The molecule has 2 rings (SSSR count). The number of carboxylic acid groups (broad SMARTS) is 1. The fraction of sp³-hybridized carbons (Fsp3) is 0.429. The lowest BCUT2D eigenvalue weighted by Crippen LogP contribution is -2.42. The molecule has 7 heteroatoms. The van der Waals surface area contributed by atoms with Gasteiger partial charge in [0.25, 0.3) is 5.91 Å². The second-order valence-corrected chi connectivity index (χ2v) is 6.46. The molecule has 0 saturated carbocycles. The van der Waals surface area contributed by atoms with Crippen LogP contribution >= 0.6 is 34.2 Å². The quantitative estimate of drug-likeness (QED) is 0.759. The van der Waals surface area contributed by atoms with Gasteiger partial charge in [0.1, 0.15) is 5.75 Å². The molecular formula is C14H15ClINO4. The number of aliphatic carboxylic acids is 1. The Morgan fingerprint density at radius 1 is 1.48 bits per heavy atom. The molecule has 0 unspecified atom stereocenters. The van der Waals surface area contributed by atoms with Crippen molar-refractivity contribution in [3.8, 4) is 5.75 Å². The number of carboxylic acids is 1. The minimum absolute atomic E-state index is 0.223. The number of methoxy groups -OCH3 is 1. The molecule has 1 heterocycles.